The van der Waals surface area contributed by atoms with Crippen LogP contribution in [0.1, 0.15) is 121 Å². The van der Waals surface area contributed by atoms with Gasteiger partial charge in [-0.1, -0.05) is 41.5 Å². The maximum atomic E-state index is 14.4. The van der Waals surface area contributed by atoms with Crippen LogP contribution >= 0.6 is 0 Å². The van der Waals surface area contributed by atoms with E-state index in [1.54, 1.807) is 0 Å². The summed E-state index contributed by atoms with van der Waals surface area (Å²) < 4.78 is 0. The molecule has 390 valence electrons. The number of amides is 10. The maximum absolute atomic E-state index is 14.4. The topological polar surface area (TPSA) is 258 Å². The number of likely N-dealkylation sites (N-methyl/N-ethyl adjacent to an activating group) is 4. The third-order valence-corrected chi connectivity index (χ3v) is 13.9. The van der Waals surface area contributed by atoms with Gasteiger partial charge in [0.1, 0.15) is 60.4 Å². The molecular formula is C48H82N10O11. The van der Waals surface area contributed by atoms with Crippen molar-refractivity contribution in [3.63, 3.8) is 0 Å². The lowest BCUT2D eigenvalue weighted by atomic mass is 10.0. The van der Waals surface area contributed by atoms with Crippen LogP contribution in [0.15, 0.2) is 0 Å². The van der Waals surface area contributed by atoms with Gasteiger partial charge >= 0.3 is 0 Å². The number of nitrogens with zero attached hydrogens (tertiary/aromatic N) is 6. The Hall–Kier alpha value is -5.34. The van der Waals surface area contributed by atoms with Crippen LogP contribution in [-0.2, 0) is 47.9 Å². The standard InChI is InChI=1S/C48H82N10O11/c1-25(2)22-33-43(64)53(12)28(7)39(60)50-34(23-26(3)4)44(65)58-21-17-19-37(58)47(68)55(14)31(10)42(63)52-38(32(11)59)48(69)56(15)30(9)41(62)51-35(24-27(5)6)45(66)57-20-16-18-36(57)46(67)54(13)29(8)40(61)49-33/h25-38,59H,16-24H2,1-15H3,(H,49,61)(H,50,60)(H,51,62)(H,52,63)/t28-,29-,30-,31-,32+,33-,34-,35-,36+,37+,38-/m0/s1. The van der Waals surface area contributed by atoms with E-state index in [9.17, 15) is 53.1 Å². The molecule has 0 spiro atoms. The average molecular weight is 975 g/mol. The minimum absolute atomic E-state index is 0.0856. The number of hydrogen-bond donors (Lipinski definition) is 5. The number of fused-ring (bicyclic) bond motifs is 2. The normalized spacial score (nSPS) is 30.5. The highest BCUT2D eigenvalue weighted by Crippen LogP contribution is 2.25. The molecule has 0 bridgehead atoms. The van der Waals surface area contributed by atoms with Crippen molar-refractivity contribution in [2.45, 2.75) is 188 Å². The highest BCUT2D eigenvalue weighted by Gasteiger charge is 2.44. The van der Waals surface area contributed by atoms with Crippen molar-refractivity contribution < 1.29 is 53.1 Å². The molecule has 0 aliphatic carbocycles. The zero-order valence-corrected chi connectivity index (χ0v) is 43.7. The van der Waals surface area contributed by atoms with Gasteiger partial charge in [-0.05, 0) is 97.3 Å². The summed E-state index contributed by atoms with van der Waals surface area (Å²) in [5, 5.41) is 21.7. The molecule has 0 aromatic rings. The Labute approximate surface area is 408 Å². The first-order chi connectivity index (χ1) is 32.0. The van der Waals surface area contributed by atoms with Gasteiger partial charge < -0.3 is 55.8 Å². The smallest absolute Gasteiger partial charge is 0.248 e. The van der Waals surface area contributed by atoms with Crippen LogP contribution < -0.4 is 21.3 Å². The van der Waals surface area contributed by atoms with E-state index < -0.39 is 126 Å². The van der Waals surface area contributed by atoms with E-state index in [1.807, 2.05) is 41.5 Å². The predicted octanol–water partition coefficient (Wildman–Crippen LogP) is -0.172. The highest BCUT2D eigenvalue weighted by atomic mass is 16.3. The molecule has 3 aliphatic heterocycles. The molecular weight excluding hydrogens is 893 g/mol. The van der Waals surface area contributed by atoms with E-state index in [1.165, 1.54) is 82.4 Å². The Morgan fingerprint density at radius 1 is 0.435 bits per heavy atom. The fourth-order valence-electron chi connectivity index (χ4n) is 9.00. The molecule has 3 fully saturated rings. The van der Waals surface area contributed by atoms with Crippen LogP contribution in [-0.4, -0.2) is 201 Å². The molecule has 21 nitrogen and oxygen atoms in total. The zero-order chi connectivity index (χ0) is 52.5. The molecule has 3 heterocycles. The fraction of sp³-hybridized carbons (Fsp3) is 0.792. The van der Waals surface area contributed by atoms with Gasteiger partial charge in [-0.15, -0.1) is 0 Å². The first-order valence-electron chi connectivity index (χ1n) is 24.6. The number of rotatable bonds is 7. The van der Waals surface area contributed by atoms with Crippen LogP contribution in [0.3, 0.4) is 0 Å². The molecule has 3 rings (SSSR count). The zero-order valence-electron chi connectivity index (χ0n) is 43.7. The molecule has 11 atom stereocenters. The number of carbonyl (C=O) groups is 10. The van der Waals surface area contributed by atoms with Crippen molar-refractivity contribution in [2.24, 2.45) is 17.8 Å². The van der Waals surface area contributed by atoms with Gasteiger partial charge in [0, 0.05) is 41.3 Å². The van der Waals surface area contributed by atoms with Crippen LogP contribution in [0, 0.1) is 17.8 Å². The summed E-state index contributed by atoms with van der Waals surface area (Å²) in [4.78, 5) is 148. The lowest BCUT2D eigenvalue weighted by Crippen LogP contribution is -2.61. The van der Waals surface area contributed by atoms with Crippen molar-refractivity contribution in [1.29, 1.82) is 0 Å². The second-order valence-corrected chi connectivity index (χ2v) is 20.7. The van der Waals surface area contributed by atoms with E-state index in [4.69, 9.17) is 0 Å². The van der Waals surface area contributed by atoms with Gasteiger partial charge in [-0.25, -0.2) is 0 Å². The lowest BCUT2D eigenvalue weighted by molar-refractivity contribution is -0.150. The average Bonchev–Trinajstić information content (AvgIpc) is 3.99. The third kappa shape index (κ3) is 14.4. The van der Waals surface area contributed by atoms with Crippen LogP contribution in [0.2, 0.25) is 0 Å². The van der Waals surface area contributed by atoms with Crippen LogP contribution in [0.25, 0.3) is 0 Å². The second-order valence-electron chi connectivity index (χ2n) is 20.7. The first-order valence-corrected chi connectivity index (χ1v) is 24.6. The molecule has 0 saturated carbocycles. The molecule has 69 heavy (non-hydrogen) atoms. The predicted molar refractivity (Wildman–Crippen MR) is 256 cm³/mol. The second kappa shape index (κ2) is 25.0. The monoisotopic (exact) mass is 975 g/mol. The van der Waals surface area contributed by atoms with Gasteiger partial charge in [0.05, 0.1) is 6.10 Å². The maximum Gasteiger partial charge on any atom is 0.248 e. The Morgan fingerprint density at radius 3 is 1.01 bits per heavy atom. The van der Waals surface area contributed by atoms with Gasteiger partial charge in [0.25, 0.3) is 0 Å². The molecule has 3 aliphatic rings. The van der Waals surface area contributed by atoms with Crippen molar-refractivity contribution in [3.8, 4) is 0 Å². The molecule has 3 saturated heterocycles. The Balaban J connectivity index is 2.10. The molecule has 0 radical (unpaired) electrons. The number of aliphatic hydroxyl groups excluding tert-OH is 1. The summed E-state index contributed by atoms with van der Waals surface area (Å²) in [7, 11) is 5.57. The molecule has 5 N–H and O–H groups in total. The third-order valence-electron chi connectivity index (χ3n) is 13.9. The van der Waals surface area contributed by atoms with Gasteiger partial charge in [0.15, 0.2) is 0 Å². The van der Waals surface area contributed by atoms with E-state index in [2.05, 4.69) is 21.3 Å². The van der Waals surface area contributed by atoms with Crippen molar-refractivity contribution >= 4 is 59.1 Å². The molecule has 10 amide bonds. The van der Waals surface area contributed by atoms with Crippen LogP contribution in [0.4, 0.5) is 0 Å². The number of nitrogens with one attached hydrogen (secondary N) is 4. The SMILES string of the molecule is CC(C)C[C@@H]1NC(=O)[C@H](C)N(C)C(=O)[C@H]2CCCN2C(=O)[C@H](CC(C)C)NC(=O)[C@H](C)N(C)C(=O)[C@H]([C@@H](C)O)NC(=O)[C@H](C)N(C)C(=O)[C@H]2CCCN2C(=O)[C@H](CC(C)C)NC(=O)[C@H](C)N(C)C1=O. The number of aliphatic hydroxyl groups is 1. The molecule has 0 unspecified atom stereocenters. The molecule has 21 heteroatoms. The Kier molecular flexibility index (Phi) is 21.0. The quantitative estimate of drug-likeness (QED) is 0.224. The van der Waals surface area contributed by atoms with E-state index in [-0.39, 0.29) is 62.9 Å². The van der Waals surface area contributed by atoms with Gasteiger partial charge in [-0.2, -0.15) is 0 Å². The Bertz CT molecular complexity index is 1910. The summed E-state index contributed by atoms with van der Waals surface area (Å²) >= 11 is 0. The van der Waals surface area contributed by atoms with E-state index in [0.717, 1.165) is 9.80 Å². The Morgan fingerprint density at radius 2 is 0.710 bits per heavy atom. The summed E-state index contributed by atoms with van der Waals surface area (Å²) in [5.41, 5.74) is 0. The lowest BCUT2D eigenvalue weighted by Gasteiger charge is -2.36. The largest absolute Gasteiger partial charge is 0.391 e. The minimum Gasteiger partial charge on any atom is -0.391 e. The fourth-order valence-corrected chi connectivity index (χ4v) is 9.00. The number of carbonyl (C=O) groups excluding carboxylic acids is 10. The van der Waals surface area contributed by atoms with Crippen molar-refractivity contribution in [3.05, 3.63) is 0 Å². The minimum atomic E-state index is -1.56. The van der Waals surface area contributed by atoms with Crippen LogP contribution in [0.5, 0.6) is 0 Å². The van der Waals surface area contributed by atoms with Gasteiger partial charge in [0.2, 0.25) is 59.1 Å². The van der Waals surface area contributed by atoms with E-state index in [0.29, 0.717) is 12.8 Å². The van der Waals surface area contributed by atoms with Crippen molar-refractivity contribution in [2.75, 3.05) is 41.3 Å². The summed E-state index contributed by atoms with van der Waals surface area (Å²) in [6, 6.07) is -11.5. The first kappa shape index (κ1) is 58.0. The summed E-state index contributed by atoms with van der Waals surface area (Å²) in [6.07, 6.45) is 0.609. The number of hydrogen-bond acceptors (Lipinski definition) is 11. The summed E-state index contributed by atoms with van der Waals surface area (Å²) in [6.45, 7) is 18.8. The highest BCUT2D eigenvalue weighted by molar-refractivity contribution is 5.99. The summed E-state index contributed by atoms with van der Waals surface area (Å²) in [5.74, 6) is -6.58. The molecule has 0 aromatic heterocycles. The van der Waals surface area contributed by atoms with Gasteiger partial charge in [-0.3, -0.25) is 47.9 Å². The molecule has 0 aromatic carbocycles. The van der Waals surface area contributed by atoms with E-state index >= 15 is 0 Å². The van der Waals surface area contributed by atoms with Crippen molar-refractivity contribution in [1.82, 2.24) is 50.7 Å².